The van der Waals surface area contributed by atoms with Gasteiger partial charge in [0.15, 0.2) is 0 Å². The maximum Gasteiger partial charge on any atom is 0.257 e. The third-order valence-electron chi connectivity index (χ3n) is 6.57. The highest BCUT2D eigenvalue weighted by Gasteiger charge is 2.39. The van der Waals surface area contributed by atoms with Gasteiger partial charge < -0.3 is 14.4 Å². The average molecular weight is 473 g/mol. The molecule has 2 aliphatic rings. The molecule has 1 aliphatic carbocycles. The van der Waals surface area contributed by atoms with Gasteiger partial charge in [-0.3, -0.25) is 4.79 Å². The van der Waals surface area contributed by atoms with E-state index in [0.717, 1.165) is 32.1 Å². The SMILES string of the molecule is COc1ccc(S(=O)(=O)N2CCCCN(C)C(=O)c3ccccc3O[C@H]3CCCC[C@H]32)cc1. The van der Waals surface area contributed by atoms with Crippen molar-refractivity contribution in [2.24, 2.45) is 0 Å². The number of hydrogen-bond donors (Lipinski definition) is 0. The van der Waals surface area contributed by atoms with Crippen molar-refractivity contribution in [1.29, 1.82) is 0 Å². The first-order valence-electron chi connectivity index (χ1n) is 11.6. The summed E-state index contributed by atoms with van der Waals surface area (Å²) in [5, 5.41) is 0. The molecule has 1 saturated carbocycles. The van der Waals surface area contributed by atoms with E-state index in [1.165, 1.54) is 0 Å². The molecule has 1 fully saturated rings. The second-order valence-electron chi connectivity index (χ2n) is 8.73. The lowest BCUT2D eigenvalue weighted by Gasteiger charge is -2.39. The van der Waals surface area contributed by atoms with Crippen LogP contribution in [0.1, 0.15) is 48.9 Å². The summed E-state index contributed by atoms with van der Waals surface area (Å²) in [4.78, 5) is 14.9. The van der Waals surface area contributed by atoms with Crippen molar-refractivity contribution in [3.05, 3.63) is 54.1 Å². The lowest BCUT2D eigenvalue weighted by atomic mass is 9.92. The van der Waals surface area contributed by atoms with Gasteiger partial charge in [0.2, 0.25) is 10.0 Å². The number of carbonyl (C=O) groups excluding carboxylic acids is 1. The number of para-hydroxylation sites is 1. The van der Waals surface area contributed by atoms with Crippen LogP contribution in [0.5, 0.6) is 11.5 Å². The van der Waals surface area contributed by atoms with Gasteiger partial charge in [-0.1, -0.05) is 18.6 Å². The Morgan fingerprint density at radius 2 is 1.64 bits per heavy atom. The lowest BCUT2D eigenvalue weighted by molar-refractivity contribution is 0.0658. The van der Waals surface area contributed by atoms with Crippen molar-refractivity contribution in [2.75, 3.05) is 27.2 Å². The number of amides is 1. The second-order valence-corrected chi connectivity index (χ2v) is 10.6. The first-order chi connectivity index (χ1) is 15.9. The molecule has 0 bridgehead atoms. The second kappa shape index (κ2) is 10.1. The standard InChI is InChI=1S/C25H32N2O5S/c1-26-17-7-8-18-27(33(29,30)20-15-13-19(31-2)14-16-20)22-10-4-6-12-24(22)32-23-11-5-3-9-21(23)25(26)28/h3,5,9,11,13-16,22,24H,4,6-8,10,12,17-18H2,1-2H3/t22-,24+/m1/s1. The Kier molecular flexibility index (Phi) is 7.24. The number of sulfonamides is 1. The number of nitrogens with zero attached hydrogens (tertiary/aromatic N) is 2. The fourth-order valence-electron chi connectivity index (χ4n) is 4.72. The van der Waals surface area contributed by atoms with Crippen molar-refractivity contribution < 1.29 is 22.7 Å². The molecule has 2 aromatic carbocycles. The monoisotopic (exact) mass is 472 g/mol. The van der Waals surface area contributed by atoms with Crippen LogP contribution in [-0.4, -0.2) is 62.9 Å². The van der Waals surface area contributed by atoms with Crippen molar-refractivity contribution in [1.82, 2.24) is 9.21 Å². The Hall–Kier alpha value is -2.58. The van der Waals surface area contributed by atoms with Crippen molar-refractivity contribution in [3.63, 3.8) is 0 Å². The molecule has 4 rings (SSSR count). The fraction of sp³-hybridized carbons (Fsp3) is 0.480. The van der Waals surface area contributed by atoms with Gasteiger partial charge >= 0.3 is 0 Å². The Balaban J connectivity index is 1.72. The third-order valence-corrected chi connectivity index (χ3v) is 8.51. The molecular weight excluding hydrogens is 440 g/mol. The van der Waals surface area contributed by atoms with Crippen LogP contribution >= 0.6 is 0 Å². The molecule has 1 aliphatic heterocycles. The quantitative estimate of drug-likeness (QED) is 0.676. The predicted molar refractivity (Wildman–Crippen MR) is 126 cm³/mol. The molecule has 0 N–H and O–H groups in total. The van der Waals surface area contributed by atoms with E-state index in [-0.39, 0.29) is 22.9 Å². The molecule has 2 atom stereocenters. The van der Waals surface area contributed by atoms with E-state index in [2.05, 4.69) is 0 Å². The van der Waals surface area contributed by atoms with Gasteiger partial charge in [0, 0.05) is 20.1 Å². The number of carbonyl (C=O) groups is 1. The molecule has 2 aromatic rings. The molecule has 0 unspecified atom stereocenters. The van der Waals surface area contributed by atoms with E-state index in [0.29, 0.717) is 36.6 Å². The Morgan fingerprint density at radius 3 is 2.39 bits per heavy atom. The summed E-state index contributed by atoms with van der Waals surface area (Å²) in [5.74, 6) is 1.07. The highest BCUT2D eigenvalue weighted by molar-refractivity contribution is 7.89. The number of methoxy groups -OCH3 is 1. The summed E-state index contributed by atoms with van der Waals surface area (Å²) in [7, 11) is -0.394. The third kappa shape index (κ3) is 5.01. The van der Waals surface area contributed by atoms with Crippen LogP contribution in [0.25, 0.3) is 0 Å². The molecule has 178 valence electrons. The predicted octanol–water partition coefficient (Wildman–Crippen LogP) is 3.94. The highest BCUT2D eigenvalue weighted by atomic mass is 32.2. The summed E-state index contributed by atoms with van der Waals surface area (Å²) < 4.78 is 40.8. The van der Waals surface area contributed by atoms with Gasteiger partial charge in [-0.25, -0.2) is 8.42 Å². The van der Waals surface area contributed by atoms with Crippen LogP contribution in [0.4, 0.5) is 0 Å². The molecule has 8 heteroatoms. The zero-order valence-corrected chi connectivity index (χ0v) is 20.1. The normalized spacial score (nSPS) is 22.8. The van der Waals surface area contributed by atoms with E-state index < -0.39 is 10.0 Å². The lowest BCUT2D eigenvalue weighted by Crippen LogP contribution is -2.51. The van der Waals surface area contributed by atoms with Gasteiger partial charge in [-0.2, -0.15) is 4.31 Å². The molecule has 0 radical (unpaired) electrons. The first kappa shape index (κ1) is 23.6. The molecule has 1 heterocycles. The van der Waals surface area contributed by atoms with E-state index in [1.807, 2.05) is 12.1 Å². The van der Waals surface area contributed by atoms with E-state index >= 15 is 0 Å². The van der Waals surface area contributed by atoms with Gasteiger partial charge in [0.05, 0.1) is 23.6 Å². The van der Waals surface area contributed by atoms with Gasteiger partial charge in [-0.15, -0.1) is 0 Å². The number of hydrogen-bond acceptors (Lipinski definition) is 5. The minimum atomic E-state index is -3.73. The van der Waals surface area contributed by atoms with Gasteiger partial charge in [-0.05, 0) is 68.5 Å². The number of benzene rings is 2. The van der Waals surface area contributed by atoms with Crippen LogP contribution in [0.15, 0.2) is 53.4 Å². The minimum Gasteiger partial charge on any atom is -0.497 e. The number of ether oxygens (including phenoxy) is 2. The number of rotatable bonds is 3. The largest absolute Gasteiger partial charge is 0.497 e. The minimum absolute atomic E-state index is 0.0683. The first-order valence-corrected chi connectivity index (χ1v) is 13.0. The highest BCUT2D eigenvalue weighted by Crippen LogP contribution is 2.33. The molecular formula is C25H32N2O5S. The summed E-state index contributed by atoms with van der Waals surface area (Å²) in [6.45, 7) is 0.945. The average Bonchev–Trinajstić information content (AvgIpc) is 2.83. The molecule has 1 amide bonds. The van der Waals surface area contributed by atoms with E-state index in [9.17, 15) is 13.2 Å². The fourth-order valence-corrected chi connectivity index (χ4v) is 6.44. The van der Waals surface area contributed by atoms with E-state index in [1.54, 1.807) is 59.8 Å². The van der Waals surface area contributed by atoms with Gasteiger partial charge in [0.1, 0.15) is 17.6 Å². The smallest absolute Gasteiger partial charge is 0.257 e. The molecule has 0 spiro atoms. The maximum atomic E-state index is 13.8. The van der Waals surface area contributed by atoms with Crippen LogP contribution in [0.3, 0.4) is 0 Å². The van der Waals surface area contributed by atoms with Crippen LogP contribution in [0.2, 0.25) is 0 Å². The van der Waals surface area contributed by atoms with Crippen LogP contribution < -0.4 is 9.47 Å². The zero-order chi connectivity index (χ0) is 23.4. The van der Waals surface area contributed by atoms with Crippen molar-refractivity contribution in [2.45, 2.75) is 55.6 Å². The van der Waals surface area contributed by atoms with Crippen LogP contribution in [0, 0.1) is 0 Å². The zero-order valence-electron chi connectivity index (χ0n) is 19.3. The van der Waals surface area contributed by atoms with E-state index in [4.69, 9.17) is 9.47 Å². The molecule has 0 aromatic heterocycles. The molecule has 33 heavy (non-hydrogen) atoms. The van der Waals surface area contributed by atoms with Gasteiger partial charge in [0.25, 0.3) is 5.91 Å². The summed E-state index contributed by atoms with van der Waals surface area (Å²) in [6.07, 6.45) is 4.46. The Morgan fingerprint density at radius 1 is 0.939 bits per heavy atom. The summed E-state index contributed by atoms with van der Waals surface area (Å²) >= 11 is 0. The van der Waals surface area contributed by atoms with Crippen molar-refractivity contribution >= 4 is 15.9 Å². The molecule has 0 saturated heterocycles. The summed E-state index contributed by atoms with van der Waals surface area (Å²) in [6, 6.07) is 13.5. The maximum absolute atomic E-state index is 13.8. The molecule has 7 nitrogen and oxygen atoms in total. The van der Waals surface area contributed by atoms with Crippen molar-refractivity contribution in [3.8, 4) is 11.5 Å². The van der Waals surface area contributed by atoms with Crippen LogP contribution in [-0.2, 0) is 10.0 Å². The number of fused-ring (bicyclic) bond motifs is 2. The topological polar surface area (TPSA) is 76.2 Å². The Bertz CT molecular complexity index is 1070. The summed E-state index contributed by atoms with van der Waals surface area (Å²) in [5.41, 5.74) is 0.523. The Labute approximate surface area is 196 Å².